The number of amides is 2. The number of allylic oxidation sites excluding steroid dienone is 2. The van der Waals surface area contributed by atoms with Crippen LogP contribution in [0.3, 0.4) is 0 Å². The first-order valence-corrected chi connectivity index (χ1v) is 7.71. The van der Waals surface area contributed by atoms with Gasteiger partial charge in [-0.25, -0.2) is 4.90 Å². The van der Waals surface area contributed by atoms with Crippen molar-refractivity contribution >= 4 is 23.2 Å². The number of hydrogen-bond donors (Lipinski definition) is 0. The number of aryl methyl sites for hydroxylation is 1. The molecular formula is C17H16N2O4. The minimum absolute atomic E-state index is 0.0718. The van der Waals surface area contributed by atoms with E-state index < -0.39 is 4.92 Å². The normalized spacial score (nSPS) is 31.6. The lowest BCUT2D eigenvalue weighted by Crippen LogP contribution is -2.33. The van der Waals surface area contributed by atoms with Crippen LogP contribution in [0.2, 0.25) is 0 Å². The van der Waals surface area contributed by atoms with Gasteiger partial charge in [0.1, 0.15) is 0 Å². The lowest BCUT2D eigenvalue weighted by molar-refractivity contribution is -0.385. The van der Waals surface area contributed by atoms with E-state index in [1.807, 2.05) is 6.92 Å². The molecule has 1 aromatic rings. The highest BCUT2D eigenvalue weighted by Crippen LogP contribution is 2.56. The van der Waals surface area contributed by atoms with Crippen molar-refractivity contribution in [2.45, 2.75) is 20.3 Å². The molecule has 0 spiro atoms. The summed E-state index contributed by atoms with van der Waals surface area (Å²) < 4.78 is 0. The summed E-state index contributed by atoms with van der Waals surface area (Å²) in [6.45, 7) is 3.65. The summed E-state index contributed by atoms with van der Waals surface area (Å²) >= 11 is 0. The van der Waals surface area contributed by atoms with Gasteiger partial charge in [0.25, 0.3) is 5.69 Å². The van der Waals surface area contributed by atoms with E-state index in [0.29, 0.717) is 11.3 Å². The third-order valence-electron chi connectivity index (χ3n) is 5.53. The Morgan fingerprint density at radius 3 is 2.57 bits per heavy atom. The van der Waals surface area contributed by atoms with E-state index in [9.17, 15) is 19.7 Å². The number of nitro benzene ring substituents is 1. The maximum atomic E-state index is 12.8. The SMILES string of the molecule is CC1=C[C@H]2C[C@H]1[C@H]1C(=O)N(c3ccc(C)c([N+](=O)[O-])c3)C(=O)[C@H]12. The van der Waals surface area contributed by atoms with Crippen molar-refractivity contribution in [3.8, 4) is 0 Å². The number of hydrogen-bond acceptors (Lipinski definition) is 4. The van der Waals surface area contributed by atoms with Crippen LogP contribution in [-0.2, 0) is 9.59 Å². The molecule has 0 N–H and O–H groups in total. The van der Waals surface area contributed by atoms with Crippen molar-refractivity contribution < 1.29 is 14.5 Å². The zero-order chi connectivity index (χ0) is 16.5. The van der Waals surface area contributed by atoms with Crippen LogP contribution in [0.1, 0.15) is 18.9 Å². The summed E-state index contributed by atoms with van der Waals surface area (Å²) in [5.41, 5.74) is 1.94. The summed E-state index contributed by atoms with van der Waals surface area (Å²) in [5, 5.41) is 11.1. The Bertz CT molecular complexity index is 798. The molecule has 1 aromatic carbocycles. The van der Waals surface area contributed by atoms with Gasteiger partial charge in [0.05, 0.1) is 22.4 Å². The van der Waals surface area contributed by atoms with Crippen molar-refractivity contribution in [1.82, 2.24) is 0 Å². The molecule has 2 bridgehead atoms. The molecule has 1 saturated heterocycles. The second-order valence-electron chi connectivity index (χ2n) is 6.71. The van der Waals surface area contributed by atoms with E-state index in [2.05, 4.69) is 6.08 Å². The molecule has 1 aliphatic heterocycles. The number of benzene rings is 1. The molecule has 2 fully saturated rings. The van der Waals surface area contributed by atoms with Crippen molar-refractivity contribution in [3.63, 3.8) is 0 Å². The van der Waals surface area contributed by atoms with Crippen LogP contribution in [0.25, 0.3) is 0 Å². The Balaban J connectivity index is 1.75. The highest BCUT2D eigenvalue weighted by Gasteiger charge is 2.61. The number of carbonyl (C=O) groups excluding carboxylic acids is 2. The minimum Gasteiger partial charge on any atom is -0.274 e. The number of carbonyl (C=O) groups is 2. The third-order valence-corrected chi connectivity index (χ3v) is 5.53. The minimum atomic E-state index is -0.486. The smallest absolute Gasteiger partial charge is 0.274 e. The lowest BCUT2D eigenvalue weighted by Gasteiger charge is -2.19. The topological polar surface area (TPSA) is 80.5 Å². The second kappa shape index (κ2) is 4.50. The largest absolute Gasteiger partial charge is 0.274 e. The van der Waals surface area contributed by atoms with E-state index in [-0.39, 0.29) is 41.2 Å². The summed E-state index contributed by atoms with van der Waals surface area (Å²) in [4.78, 5) is 37.4. The Kier molecular flexibility index (Phi) is 2.76. The Hall–Kier alpha value is -2.50. The van der Waals surface area contributed by atoms with Gasteiger partial charge < -0.3 is 0 Å². The first-order chi connectivity index (χ1) is 10.9. The summed E-state index contributed by atoms with van der Waals surface area (Å²) in [5.74, 6) is -0.735. The number of nitrogens with zero attached hydrogens (tertiary/aromatic N) is 2. The van der Waals surface area contributed by atoms with Gasteiger partial charge in [-0.05, 0) is 38.2 Å². The van der Waals surface area contributed by atoms with Crippen LogP contribution in [-0.4, -0.2) is 16.7 Å². The lowest BCUT2D eigenvalue weighted by atomic mass is 9.82. The number of fused-ring (bicyclic) bond motifs is 5. The molecule has 4 atom stereocenters. The summed E-state index contributed by atoms with van der Waals surface area (Å²) in [6, 6.07) is 4.52. The van der Waals surface area contributed by atoms with E-state index in [0.717, 1.165) is 11.3 Å². The fourth-order valence-corrected chi connectivity index (χ4v) is 4.46. The highest BCUT2D eigenvalue weighted by molar-refractivity contribution is 6.23. The van der Waals surface area contributed by atoms with E-state index >= 15 is 0 Å². The Morgan fingerprint density at radius 2 is 1.87 bits per heavy atom. The molecule has 6 heteroatoms. The van der Waals surface area contributed by atoms with Crippen molar-refractivity contribution in [3.05, 3.63) is 45.5 Å². The van der Waals surface area contributed by atoms with Gasteiger partial charge in [-0.2, -0.15) is 0 Å². The fraction of sp³-hybridized carbons (Fsp3) is 0.412. The third kappa shape index (κ3) is 1.75. The first kappa shape index (κ1) is 14.1. The van der Waals surface area contributed by atoms with Crippen molar-refractivity contribution in [2.24, 2.45) is 23.7 Å². The van der Waals surface area contributed by atoms with E-state index in [1.165, 1.54) is 11.6 Å². The standard InChI is InChI=1S/C17H16N2O4/c1-8-3-4-11(7-13(8)19(22)23)18-16(20)14-10-5-9(2)12(6-10)15(14)17(18)21/h3-5,7,10,12,14-15H,6H2,1-2H3/t10-,12+,14-,15+/m0/s1. The zero-order valence-corrected chi connectivity index (χ0v) is 12.9. The van der Waals surface area contributed by atoms with Crippen LogP contribution in [0.5, 0.6) is 0 Å². The molecule has 0 aromatic heterocycles. The molecular weight excluding hydrogens is 296 g/mol. The molecule has 23 heavy (non-hydrogen) atoms. The average molecular weight is 312 g/mol. The van der Waals surface area contributed by atoms with Gasteiger partial charge in [0.15, 0.2) is 0 Å². The van der Waals surface area contributed by atoms with Gasteiger partial charge in [0, 0.05) is 11.6 Å². The van der Waals surface area contributed by atoms with Gasteiger partial charge in [-0.3, -0.25) is 19.7 Å². The Labute approximate surface area is 132 Å². The molecule has 1 heterocycles. The molecule has 0 unspecified atom stereocenters. The summed E-state index contributed by atoms with van der Waals surface area (Å²) in [6.07, 6.45) is 2.98. The number of nitro groups is 1. The molecule has 3 aliphatic rings. The van der Waals surface area contributed by atoms with E-state index in [4.69, 9.17) is 0 Å². The molecule has 2 amide bonds. The maximum absolute atomic E-state index is 12.8. The fourth-order valence-electron chi connectivity index (χ4n) is 4.46. The predicted octanol–water partition coefficient (Wildman–Crippen LogP) is 2.60. The van der Waals surface area contributed by atoms with Crippen molar-refractivity contribution in [2.75, 3.05) is 4.90 Å². The van der Waals surface area contributed by atoms with Crippen LogP contribution in [0.4, 0.5) is 11.4 Å². The van der Waals surface area contributed by atoms with Crippen LogP contribution < -0.4 is 4.90 Å². The first-order valence-electron chi connectivity index (χ1n) is 7.71. The molecule has 0 radical (unpaired) electrons. The van der Waals surface area contributed by atoms with Gasteiger partial charge >= 0.3 is 0 Å². The molecule has 118 valence electrons. The van der Waals surface area contributed by atoms with Gasteiger partial charge in [0.2, 0.25) is 11.8 Å². The molecule has 6 nitrogen and oxygen atoms in total. The average Bonchev–Trinajstić information content (AvgIpc) is 3.11. The maximum Gasteiger partial charge on any atom is 0.274 e. The highest BCUT2D eigenvalue weighted by atomic mass is 16.6. The zero-order valence-electron chi connectivity index (χ0n) is 12.9. The molecule has 2 aliphatic carbocycles. The summed E-state index contributed by atoms with van der Waals surface area (Å²) in [7, 11) is 0. The van der Waals surface area contributed by atoms with Crippen LogP contribution >= 0.6 is 0 Å². The van der Waals surface area contributed by atoms with Gasteiger partial charge in [-0.15, -0.1) is 0 Å². The second-order valence-corrected chi connectivity index (χ2v) is 6.71. The Morgan fingerprint density at radius 1 is 1.17 bits per heavy atom. The molecule has 1 saturated carbocycles. The van der Waals surface area contributed by atoms with E-state index in [1.54, 1.807) is 19.1 Å². The van der Waals surface area contributed by atoms with Crippen molar-refractivity contribution in [1.29, 1.82) is 0 Å². The van der Waals surface area contributed by atoms with Gasteiger partial charge in [-0.1, -0.05) is 17.7 Å². The number of imide groups is 1. The van der Waals surface area contributed by atoms with Crippen LogP contribution in [0, 0.1) is 40.7 Å². The number of rotatable bonds is 2. The number of anilines is 1. The monoisotopic (exact) mass is 312 g/mol. The molecule has 4 rings (SSSR count). The predicted molar refractivity (Wildman–Crippen MR) is 82.7 cm³/mol. The van der Waals surface area contributed by atoms with Crippen LogP contribution in [0.15, 0.2) is 29.8 Å². The quantitative estimate of drug-likeness (QED) is 0.364.